The Bertz CT molecular complexity index is 585. The van der Waals surface area contributed by atoms with Gasteiger partial charge in [0.25, 0.3) is 5.91 Å². The molecule has 6 heteroatoms. The molecule has 0 atom stereocenters. The first kappa shape index (κ1) is 14.5. The zero-order valence-corrected chi connectivity index (χ0v) is 11.7. The van der Waals surface area contributed by atoms with Crippen LogP contribution >= 0.6 is 15.9 Å². The zero-order chi connectivity index (χ0) is 14.5. The van der Waals surface area contributed by atoms with Gasteiger partial charge in [-0.25, -0.2) is 0 Å². The molecule has 0 unspecified atom stereocenters. The van der Waals surface area contributed by atoms with Crippen LogP contribution in [0.25, 0.3) is 0 Å². The van der Waals surface area contributed by atoms with Crippen molar-refractivity contribution in [3.63, 3.8) is 0 Å². The Labute approximate surface area is 122 Å². The van der Waals surface area contributed by atoms with E-state index in [1.54, 1.807) is 24.3 Å². The molecule has 0 saturated heterocycles. The summed E-state index contributed by atoms with van der Waals surface area (Å²) in [5.74, 6) is -0.309. The summed E-state index contributed by atoms with van der Waals surface area (Å²) >= 11 is 3.30. The molecule has 1 N–H and O–H groups in total. The van der Waals surface area contributed by atoms with Gasteiger partial charge in [-0.15, -0.1) is 0 Å². The molecule has 0 aliphatic carbocycles. The molecule has 0 saturated carbocycles. The van der Waals surface area contributed by atoms with Crippen molar-refractivity contribution in [3.8, 4) is 5.75 Å². The highest BCUT2D eigenvalue weighted by Gasteiger charge is 2.08. The molecule has 1 amide bonds. The maximum Gasteiger partial charge on any atom is 0.387 e. The minimum absolute atomic E-state index is 0.0141. The predicted molar refractivity (Wildman–Crippen MR) is 75.2 cm³/mol. The summed E-state index contributed by atoms with van der Waals surface area (Å²) in [6, 6.07) is 12.6. The van der Waals surface area contributed by atoms with Crippen molar-refractivity contribution in [3.05, 3.63) is 58.6 Å². The molecular formula is C14H10BrF2NO2. The fourth-order valence-electron chi connectivity index (χ4n) is 1.52. The van der Waals surface area contributed by atoms with Crippen LogP contribution in [0.3, 0.4) is 0 Å². The highest BCUT2D eigenvalue weighted by molar-refractivity contribution is 9.10. The SMILES string of the molecule is O=C(Nc1ccc(Br)cc1)c1ccc(OC(F)F)cc1. The van der Waals surface area contributed by atoms with E-state index >= 15 is 0 Å². The lowest BCUT2D eigenvalue weighted by molar-refractivity contribution is -0.0498. The van der Waals surface area contributed by atoms with Crippen LogP contribution < -0.4 is 10.1 Å². The van der Waals surface area contributed by atoms with Crippen LogP contribution in [-0.2, 0) is 0 Å². The Morgan fingerprint density at radius 1 is 1.05 bits per heavy atom. The van der Waals surface area contributed by atoms with Crippen molar-refractivity contribution < 1.29 is 18.3 Å². The predicted octanol–water partition coefficient (Wildman–Crippen LogP) is 4.30. The summed E-state index contributed by atoms with van der Waals surface area (Å²) in [6.07, 6.45) is 0. The Hall–Kier alpha value is -1.95. The van der Waals surface area contributed by atoms with Gasteiger partial charge >= 0.3 is 6.61 Å². The molecule has 0 aliphatic rings. The third kappa shape index (κ3) is 4.03. The number of anilines is 1. The first-order valence-electron chi connectivity index (χ1n) is 5.66. The van der Waals surface area contributed by atoms with Crippen molar-refractivity contribution in [1.82, 2.24) is 0 Å². The van der Waals surface area contributed by atoms with Crippen LogP contribution in [-0.4, -0.2) is 12.5 Å². The molecule has 0 spiro atoms. The third-order valence-electron chi connectivity index (χ3n) is 2.44. The number of halogens is 3. The first-order valence-corrected chi connectivity index (χ1v) is 6.46. The molecule has 2 aromatic rings. The first-order chi connectivity index (χ1) is 9.54. The number of benzene rings is 2. The topological polar surface area (TPSA) is 38.3 Å². The van der Waals surface area contributed by atoms with Gasteiger partial charge in [-0.3, -0.25) is 4.79 Å². The van der Waals surface area contributed by atoms with Crippen molar-refractivity contribution >= 4 is 27.5 Å². The van der Waals surface area contributed by atoms with Crippen LogP contribution in [0, 0.1) is 0 Å². The number of carbonyl (C=O) groups excluding carboxylic acids is 1. The number of rotatable bonds is 4. The largest absolute Gasteiger partial charge is 0.435 e. The lowest BCUT2D eigenvalue weighted by Crippen LogP contribution is -2.11. The van der Waals surface area contributed by atoms with Crippen LogP contribution in [0.5, 0.6) is 5.75 Å². The fraction of sp³-hybridized carbons (Fsp3) is 0.0714. The summed E-state index contributed by atoms with van der Waals surface area (Å²) in [5.41, 5.74) is 1.00. The second-order valence-electron chi connectivity index (χ2n) is 3.86. The number of hydrogen-bond donors (Lipinski definition) is 1. The van der Waals surface area contributed by atoms with Gasteiger partial charge in [0.1, 0.15) is 5.75 Å². The van der Waals surface area contributed by atoms with Gasteiger partial charge in [-0.1, -0.05) is 15.9 Å². The molecule has 2 aromatic carbocycles. The summed E-state index contributed by atoms with van der Waals surface area (Å²) in [6.45, 7) is -2.88. The van der Waals surface area contributed by atoms with Crippen molar-refractivity contribution in [2.75, 3.05) is 5.32 Å². The Kier molecular flexibility index (Phi) is 4.68. The van der Waals surface area contributed by atoms with Crippen molar-refractivity contribution in [1.29, 1.82) is 0 Å². The lowest BCUT2D eigenvalue weighted by Gasteiger charge is -2.07. The Balaban J connectivity index is 2.03. The van der Waals surface area contributed by atoms with Gasteiger partial charge in [0.2, 0.25) is 0 Å². The molecule has 0 bridgehead atoms. The number of alkyl halides is 2. The standard InChI is InChI=1S/C14H10BrF2NO2/c15-10-3-5-11(6-4-10)18-13(19)9-1-7-12(8-2-9)20-14(16)17/h1-8,14H,(H,18,19). The zero-order valence-electron chi connectivity index (χ0n) is 10.1. The number of hydrogen-bond acceptors (Lipinski definition) is 2. The van der Waals surface area contributed by atoms with E-state index in [1.807, 2.05) is 0 Å². The average Bonchev–Trinajstić information content (AvgIpc) is 2.41. The molecule has 0 radical (unpaired) electrons. The molecule has 0 aliphatic heterocycles. The second kappa shape index (κ2) is 6.47. The van der Waals surface area contributed by atoms with E-state index in [0.717, 1.165) is 4.47 Å². The maximum absolute atomic E-state index is 12.0. The number of ether oxygens (including phenoxy) is 1. The van der Waals surface area contributed by atoms with Gasteiger partial charge in [-0.2, -0.15) is 8.78 Å². The molecule has 2 rings (SSSR count). The number of nitrogens with one attached hydrogen (secondary N) is 1. The van der Waals surface area contributed by atoms with E-state index in [0.29, 0.717) is 11.3 Å². The summed E-state index contributed by atoms with van der Waals surface area (Å²) < 4.78 is 29.1. The van der Waals surface area contributed by atoms with Crippen LogP contribution in [0.4, 0.5) is 14.5 Å². The molecule has 0 fully saturated rings. The van der Waals surface area contributed by atoms with Gasteiger partial charge < -0.3 is 10.1 Å². The van der Waals surface area contributed by atoms with Crippen LogP contribution in [0.2, 0.25) is 0 Å². The highest BCUT2D eigenvalue weighted by atomic mass is 79.9. The summed E-state index contributed by atoms with van der Waals surface area (Å²) in [4.78, 5) is 11.9. The minimum atomic E-state index is -2.88. The molecule has 3 nitrogen and oxygen atoms in total. The minimum Gasteiger partial charge on any atom is -0.435 e. The van der Waals surface area contributed by atoms with Gasteiger partial charge in [-0.05, 0) is 48.5 Å². The fourth-order valence-corrected chi connectivity index (χ4v) is 1.79. The monoisotopic (exact) mass is 341 g/mol. The lowest BCUT2D eigenvalue weighted by atomic mass is 10.2. The van der Waals surface area contributed by atoms with Gasteiger partial charge in [0, 0.05) is 15.7 Å². The molecular weight excluding hydrogens is 332 g/mol. The van der Waals surface area contributed by atoms with Crippen LogP contribution in [0.1, 0.15) is 10.4 Å². The third-order valence-corrected chi connectivity index (χ3v) is 2.97. The van der Waals surface area contributed by atoms with E-state index in [2.05, 4.69) is 26.0 Å². The molecule has 20 heavy (non-hydrogen) atoms. The van der Waals surface area contributed by atoms with Crippen LogP contribution in [0.15, 0.2) is 53.0 Å². The normalized spacial score (nSPS) is 10.4. The van der Waals surface area contributed by atoms with Gasteiger partial charge in [0.05, 0.1) is 0 Å². The van der Waals surface area contributed by atoms with E-state index in [4.69, 9.17) is 0 Å². The number of carbonyl (C=O) groups is 1. The Morgan fingerprint density at radius 3 is 2.20 bits per heavy atom. The van der Waals surface area contributed by atoms with E-state index < -0.39 is 6.61 Å². The Morgan fingerprint density at radius 2 is 1.65 bits per heavy atom. The smallest absolute Gasteiger partial charge is 0.387 e. The summed E-state index contributed by atoms with van der Waals surface area (Å²) in [7, 11) is 0. The molecule has 0 aromatic heterocycles. The van der Waals surface area contributed by atoms with E-state index in [1.165, 1.54) is 24.3 Å². The maximum atomic E-state index is 12.0. The average molecular weight is 342 g/mol. The molecule has 0 heterocycles. The van der Waals surface area contributed by atoms with Crippen molar-refractivity contribution in [2.45, 2.75) is 6.61 Å². The number of amides is 1. The highest BCUT2D eigenvalue weighted by Crippen LogP contribution is 2.17. The van der Waals surface area contributed by atoms with E-state index in [9.17, 15) is 13.6 Å². The summed E-state index contributed by atoms with van der Waals surface area (Å²) in [5, 5.41) is 2.70. The second-order valence-corrected chi connectivity index (χ2v) is 4.78. The van der Waals surface area contributed by atoms with E-state index in [-0.39, 0.29) is 11.7 Å². The quantitative estimate of drug-likeness (QED) is 0.900. The molecule has 104 valence electrons. The van der Waals surface area contributed by atoms with Crippen molar-refractivity contribution in [2.24, 2.45) is 0 Å². The van der Waals surface area contributed by atoms with Gasteiger partial charge in [0.15, 0.2) is 0 Å².